The second-order valence-corrected chi connectivity index (χ2v) is 4.80. The van der Waals surface area contributed by atoms with Crippen LogP contribution >= 0.6 is 22.9 Å². The normalized spacial score (nSPS) is 9.88. The number of carbonyl (C=O) groups is 1. The molecule has 1 N–H and O–H groups in total. The average Bonchev–Trinajstić information content (AvgIpc) is 2.96. The first-order valence-corrected chi connectivity index (χ1v) is 6.51. The molecule has 0 bridgehead atoms. The number of aromatic nitrogens is 2. The van der Waals surface area contributed by atoms with Crippen LogP contribution in [0.25, 0.3) is 0 Å². The van der Waals surface area contributed by atoms with Crippen LogP contribution < -0.4 is 5.32 Å². The number of hydrogen-bond donors (Lipinski definition) is 1. The molecule has 0 aliphatic rings. The first-order valence-electron chi connectivity index (χ1n) is 4.86. The number of anilines is 1. The van der Waals surface area contributed by atoms with Crippen LogP contribution in [0.4, 0.5) is 5.00 Å². The Balaban J connectivity index is 2.21. The van der Waals surface area contributed by atoms with Crippen molar-refractivity contribution in [3.05, 3.63) is 27.6 Å². The molecule has 2 heterocycles. The van der Waals surface area contributed by atoms with Crippen molar-refractivity contribution in [2.45, 2.75) is 13.3 Å². The number of aryl methyl sites for hydroxylation is 1. The fourth-order valence-electron chi connectivity index (χ4n) is 1.27. The lowest BCUT2D eigenvalue weighted by atomic mass is 10.3. The second-order valence-electron chi connectivity index (χ2n) is 3.13. The number of nitrogens with one attached hydrogen (secondary N) is 1. The van der Waals surface area contributed by atoms with Gasteiger partial charge < -0.3 is 5.32 Å². The molecule has 86 valence electrons. The molecule has 2 aromatic heterocycles. The highest BCUT2D eigenvalue weighted by atomic mass is 32.1. The van der Waals surface area contributed by atoms with Gasteiger partial charge in [0, 0.05) is 0 Å². The lowest BCUT2D eigenvalue weighted by Gasteiger charge is -2.01. The molecule has 2 rings (SSSR count). The molecule has 0 spiro atoms. The van der Waals surface area contributed by atoms with E-state index in [-0.39, 0.29) is 5.91 Å². The Bertz CT molecular complexity index is 581. The minimum Gasteiger partial charge on any atom is -0.312 e. The van der Waals surface area contributed by atoms with Crippen molar-refractivity contribution in [1.82, 2.24) is 9.59 Å². The summed E-state index contributed by atoms with van der Waals surface area (Å²) in [6.07, 6.45) is 0.662. The van der Waals surface area contributed by atoms with Crippen molar-refractivity contribution < 1.29 is 4.79 Å². The van der Waals surface area contributed by atoms with Crippen molar-refractivity contribution in [2.24, 2.45) is 0 Å². The fourth-order valence-corrected chi connectivity index (χ4v) is 2.64. The van der Waals surface area contributed by atoms with Crippen molar-refractivity contribution in [2.75, 3.05) is 5.32 Å². The molecule has 0 unspecified atom stereocenters. The summed E-state index contributed by atoms with van der Waals surface area (Å²) >= 11 is 2.39. The van der Waals surface area contributed by atoms with Crippen LogP contribution in [0.2, 0.25) is 0 Å². The molecule has 0 saturated heterocycles. The van der Waals surface area contributed by atoms with Crippen LogP contribution in [0.1, 0.15) is 27.9 Å². The zero-order chi connectivity index (χ0) is 12.3. The zero-order valence-electron chi connectivity index (χ0n) is 8.93. The van der Waals surface area contributed by atoms with Gasteiger partial charge in [-0.05, 0) is 29.4 Å². The van der Waals surface area contributed by atoms with Gasteiger partial charge in [0.2, 0.25) is 0 Å². The van der Waals surface area contributed by atoms with E-state index in [0.29, 0.717) is 27.6 Å². The van der Waals surface area contributed by atoms with E-state index in [0.717, 1.165) is 11.5 Å². The maximum absolute atomic E-state index is 11.9. The number of thiophene rings is 1. The minimum absolute atomic E-state index is 0.254. The topological polar surface area (TPSA) is 78.7 Å². The predicted molar refractivity (Wildman–Crippen MR) is 66.3 cm³/mol. The third-order valence-corrected chi connectivity index (χ3v) is 3.71. The van der Waals surface area contributed by atoms with Crippen LogP contribution in [0, 0.1) is 11.3 Å². The predicted octanol–water partition coefficient (Wildman–Crippen LogP) is 2.29. The van der Waals surface area contributed by atoms with Crippen molar-refractivity contribution in [3.63, 3.8) is 0 Å². The summed E-state index contributed by atoms with van der Waals surface area (Å²) in [4.78, 5) is 12.4. The van der Waals surface area contributed by atoms with Gasteiger partial charge >= 0.3 is 0 Å². The summed E-state index contributed by atoms with van der Waals surface area (Å²) in [6, 6.07) is 3.70. The van der Waals surface area contributed by atoms with Gasteiger partial charge in [0.1, 0.15) is 15.9 Å². The molecule has 7 heteroatoms. The standard InChI is InChI=1S/C10H8N4OS2/c1-2-7-8(17-14-13-7)9(15)12-10-6(5-11)3-4-16-10/h3-4H,2H2,1H3,(H,12,15). The molecule has 0 atom stereocenters. The van der Waals surface area contributed by atoms with E-state index in [1.165, 1.54) is 11.3 Å². The van der Waals surface area contributed by atoms with E-state index < -0.39 is 0 Å². The van der Waals surface area contributed by atoms with Crippen LogP contribution in [-0.2, 0) is 6.42 Å². The van der Waals surface area contributed by atoms with E-state index in [4.69, 9.17) is 5.26 Å². The van der Waals surface area contributed by atoms with Gasteiger partial charge in [-0.3, -0.25) is 4.79 Å². The van der Waals surface area contributed by atoms with Crippen LogP contribution in [0.3, 0.4) is 0 Å². The molecule has 17 heavy (non-hydrogen) atoms. The summed E-state index contributed by atoms with van der Waals surface area (Å²) in [7, 11) is 0. The van der Waals surface area contributed by atoms with Crippen molar-refractivity contribution in [3.8, 4) is 6.07 Å². The van der Waals surface area contributed by atoms with Gasteiger partial charge in [-0.1, -0.05) is 11.4 Å². The van der Waals surface area contributed by atoms with Gasteiger partial charge in [0.25, 0.3) is 5.91 Å². The molecule has 5 nitrogen and oxygen atoms in total. The molecule has 0 radical (unpaired) electrons. The highest BCUT2D eigenvalue weighted by molar-refractivity contribution is 7.14. The summed E-state index contributed by atoms with van der Waals surface area (Å²) in [5.74, 6) is -0.254. The maximum atomic E-state index is 11.9. The Labute approximate surface area is 106 Å². The molecule has 0 aliphatic heterocycles. The summed E-state index contributed by atoms with van der Waals surface area (Å²) in [5.41, 5.74) is 1.15. The number of hydrogen-bond acceptors (Lipinski definition) is 6. The summed E-state index contributed by atoms with van der Waals surface area (Å²) < 4.78 is 3.76. The number of rotatable bonds is 3. The largest absolute Gasteiger partial charge is 0.312 e. The molecule has 0 aliphatic carbocycles. The summed E-state index contributed by atoms with van der Waals surface area (Å²) in [6.45, 7) is 1.92. The number of nitriles is 1. The van der Waals surface area contributed by atoms with Crippen LogP contribution in [0.5, 0.6) is 0 Å². The monoisotopic (exact) mass is 264 g/mol. The highest BCUT2D eigenvalue weighted by Crippen LogP contribution is 2.23. The first-order chi connectivity index (χ1) is 8.26. The number of carbonyl (C=O) groups excluding carboxylic acids is 1. The van der Waals surface area contributed by atoms with Crippen molar-refractivity contribution >= 4 is 33.8 Å². The zero-order valence-corrected chi connectivity index (χ0v) is 10.6. The smallest absolute Gasteiger partial charge is 0.269 e. The first kappa shape index (κ1) is 11.7. The third kappa shape index (κ3) is 2.33. The Morgan fingerprint density at radius 2 is 2.47 bits per heavy atom. The quantitative estimate of drug-likeness (QED) is 0.922. The van der Waals surface area contributed by atoms with Gasteiger partial charge in [-0.2, -0.15) is 5.26 Å². The average molecular weight is 264 g/mol. The van der Waals surface area contributed by atoms with E-state index >= 15 is 0 Å². The van der Waals surface area contributed by atoms with E-state index in [2.05, 4.69) is 14.9 Å². The van der Waals surface area contributed by atoms with E-state index in [9.17, 15) is 4.79 Å². The Hall–Kier alpha value is -1.78. The van der Waals surface area contributed by atoms with Gasteiger partial charge in [-0.15, -0.1) is 16.4 Å². The molecule has 0 fully saturated rings. The molecule has 1 amide bonds. The van der Waals surface area contributed by atoms with E-state index in [1.54, 1.807) is 11.4 Å². The third-order valence-electron chi connectivity index (χ3n) is 2.11. The van der Waals surface area contributed by atoms with Crippen LogP contribution in [-0.4, -0.2) is 15.5 Å². The Morgan fingerprint density at radius 1 is 1.65 bits per heavy atom. The molecule has 0 aromatic carbocycles. The van der Waals surface area contributed by atoms with Gasteiger partial charge in [0.05, 0.1) is 11.3 Å². The molecular weight excluding hydrogens is 256 g/mol. The van der Waals surface area contributed by atoms with Gasteiger partial charge in [0.15, 0.2) is 0 Å². The lowest BCUT2D eigenvalue weighted by molar-refractivity contribution is 0.103. The number of amides is 1. The highest BCUT2D eigenvalue weighted by Gasteiger charge is 2.16. The molecule has 2 aromatic rings. The fraction of sp³-hybridized carbons (Fsp3) is 0.200. The maximum Gasteiger partial charge on any atom is 0.269 e. The van der Waals surface area contributed by atoms with Crippen molar-refractivity contribution in [1.29, 1.82) is 5.26 Å². The molecule has 0 saturated carbocycles. The Kier molecular flexibility index (Phi) is 3.46. The Morgan fingerprint density at radius 3 is 3.18 bits per heavy atom. The minimum atomic E-state index is -0.254. The van der Waals surface area contributed by atoms with Gasteiger partial charge in [-0.25, -0.2) is 0 Å². The molecular formula is C10H8N4OS2. The number of nitrogens with zero attached hydrogens (tertiary/aromatic N) is 3. The summed E-state index contributed by atoms with van der Waals surface area (Å²) in [5, 5.41) is 17.7. The second kappa shape index (κ2) is 5.03. The van der Waals surface area contributed by atoms with E-state index in [1.807, 2.05) is 13.0 Å². The SMILES string of the molecule is CCc1nnsc1C(=O)Nc1sccc1C#N. The lowest BCUT2D eigenvalue weighted by Crippen LogP contribution is -2.12. The van der Waals surface area contributed by atoms with Crippen LogP contribution in [0.15, 0.2) is 11.4 Å².